The molecule has 0 saturated heterocycles. The van der Waals surface area contributed by atoms with E-state index in [1.54, 1.807) is 4.72 Å². The van der Waals surface area contributed by atoms with Crippen molar-refractivity contribution in [3.63, 3.8) is 0 Å². The Kier molecular flexibility index (Phi) is 9.44. The SMILES string of the molecule is Cc1nn(C(F)F)cc1S(=O)(=O)N1c2cc(NC(=O)OC(C)(C)C(F)(F)F)ccc2O[C@@H](CNS(=O)(=O)CC(F)(F)F)[C@H]1C. The van der Waals surface area contributed by atoms with Gasteiger partial charge in [0.2, 0.25) is 15.6 Å². The molecule has 0 radical (unpaired) electrons. The number of benzene rings is 1. The lowest BCUT2D eigenvalue weighted by atomic mass is 10.1. The second-order valence-corrected chi connectivity index (χ2v) is 13.6. The van der Waals surface area contributed by atoms with Gasteiger partial charge in [0.15, 0.2) is 5.75 Å². The van der Waals surface area contributed by atoms with Crippen LogP contribution in [0.4, 0.5) is 51.3 Å². The molecule has 1 aromatic carbocycles. The number of fused-ring (bicyclic) bond motifs is 1. The summed E-state index contributed by atoms with van der Waals surface area (Å²) in [5, 5.41) is 5.45. The number of nitrogens with zero attached hydrogens (tertiary/aromatic N) is 3. The zero-order chi connectivity index (χ0) is 33.6. The average Bonchev–Trinajstić information content (AvgIpc) is 3.23. The number of aromatic nitrogens is 2. The van der Waals surface area contributed by atoms with Crippen molar-refractivity contribution in [3.05, 3.63) is 30.1 Å². The van der Waals surface area contributed by atoms with Gasteiger partial charge in [-0.3, -0.25) is 9.62 Å². The zero-order valence-corrected chi connectivity index (χ0v) is 24.6. The van der Waals surface area contributed by atoms with Crippen molar-refractivity contribution in [2.75, 3.05) is 21.9 Å². The molecule has 1 aromatic heterocycles. The number of anilines is 2. The number of ether oxygens (including phenoxy) is 2. The molecule has 22 heteroatoms. The number of alkyl halides is 8. The Bertz CT molecular complexity index is 1610. The van der Waals surface area contributed by atoms with Crippen molar-refractivity contribution in [1.82, 2.24) is 14.5 Å². The molecule has 0 aliphatic carbocycles. The highest BCUT2D eigenvalue weighted by Gasteiger charge is 2.51. The van der Waals surface area contributed by atoms with E-state index in [9.17, 15) is 56.8 Å². The van der Waals surface area contributed by atoms with Gasteiger partial charge in [0.1, 0.15) is 16.7 Å². The summed E-state index contributed by atoms with van der Waals surface area (Å²) in [6.45, 7) is -0.708. The number of nitrogens with one attached hydrogen (secondary N) is 2. The first-order valence-corrected chi connectivity index (χ1v) is 15.2. The van der Waals surface area contributed by atoms with Gasteiger partial charge in [-0.15, -0.1) is 0 Å². The smallest absolute Gasteiger partial charge is 0.427 e. The first-order chi connectivity index (χ1) is 19.8. The molecule has 3 rings (SSSR count). The molecular formula is C22H25F8N5O7S2. The number of hydrogen-bond acceptors (Lipinski definition) is 8. The Labute approximate surface area is 245 Å². The second-order valence-electron chi connectivity index (χ2n) is 9.96. The fourth-order valence-electron chi connectivity index (χ4n) is 3.89. The van der Waals surface area contributed by atoms with Gasteiger partial charge >= 0.3 is 25.0 Å². The highest BCUT2D eigenvalue weighted by Crippen LogP contribution is 2.42. The molecule has 2 N–H and O–H groups in total. The monoisotopic (exact) mass is 687 g/mol. The minimum Gasteiger partial charge on any atom is -0.485 e. The van der Waals surface area contributed by atoms with E-state index < -0.39 is 85.7 Å². The number of hydrogen-bond donors (Lipinski definition) is 2. The van der Waals surface area contributed by atoms with Crippen LogP contribution in [0.3, 0.4) is 0 Å². The Morgan fingerprint density at radius 3 is 2.25 bits per heavy atom. The predicted molar refractivity (Wildman–Crippen MR) is 136 cm³/mol. The lowest BCUT2D eigenvalue weighted by molar-refractivity contribution is -0.242. The molecule has 1 amide bonds. The maximum atomic E-state index is 13.8. The first-order valence-electron chi connectivity index (χ1n) is 12.1. The lowest BCUT2D eigenvalue weighted by Gasteiger charge is -2.41. The average molecular weight is 688 g/mol. The first kappa shape index (κ1) is 35.1. The number of aryl methyl sites for hydroxylation is 1. The van der Waals surface area contributed by atoms with E-state index in [1.165, 1.54) is 0 Å². The summed E-state index contributed by atoms with van der Waals surface area (Å²) in [5.74, 6) is -2.58. The Morgan fingerprint density at radius 2 is 1.73 bits per heavy atom. The summed E-state index contributed by atoms with van der Waals surface area (Å²) in [6, 6.07) is 1.55. The fourth-order valence-corrected chi connectivity index (χ4v) is 6.69. The van der Waals surface area contributed by atoms with Crippen LogP contribution in [0.2, 0.25) is 0 Å². The van der Waals surface area contributed by atoms with E-state index in [0.29, 0.717) is 24.3 Å². The van der Waals surface area contributed by atoms with Gasteiger partial charge in [0.25, 0.3) is 10.0 Å². The molecule has 0 saturated carbocycles. The molecule has 0 unspecified atom stereocenters. The van der Waals surface area contributed by atoms with Gasteiger partial charge < -0.3 is 9.47 Å². The van der Waals surface area contributed by atoms with E-state index >= 15 is 0 Å². The van der Waals surface area contributed by atoms with Crippen molar-refractivity contribution in [2.45, 2.75) is 69.2 Å². The fraction of sp³-hybridized carbons (Fsp3) is 0.545. The van der Waals surface area contributed by atoms with Gasteiger partial charge in [0, 0.05) is 12.2 Å². The topological polar surface area (TPSA) is 149 Å². The summed E-state index contributed by atoms with van der Waals surface area (Å²) >= 11 is 0. The van der Waals surface area contributed by atoms with Crippen LogP contribution in [-0.2, 0) is 24.8 Å². The molecule has 1 aliphatic heterocycles. The molecule has 2 heterocycles. The van der Waals surface area contributed by atoms with Crippen LogP contribution in [-0.4, -0.2) is 75.1 Å². The minimum absolute atomic E-state index is 0.0490. The third-order valence-electron chi connectivity index (χ3n) is 6.13. The summed E-state index contributed by atoms with van der Waals surface area (Å²) in [5.41, 5.74) is -4.02. The van der Waals surface area contributed by atoms with Crippen molar-refractivity contribution >= 4 is 37.5 Å². The predicted octanol–water partition coefficient (Wildman–Crippen LogP) is 4.30. The van der Waals surface area contributed by atoms with Crippen molar-refractivity contribution < 1.29 is 66.2 Å². The summed E-state index contributed by atoms with van der Waals surface area (Å²) in [7, 11) is -9.85. The molecular weight excluding hydrogens is 662 g/mol. The summed E-state index contributed by atoms with van der Waals surface area (Å²) in [4.78, 5) is 11.5. The van der Waals surface area contributed by atoms with Gasteiger partial charge in [-0.05, 0) is 45.9 Å². The summed E-state index contributed by atoms with van der Waals surface area (Å²) < 4.78 is 168. The highest BCUT2D eigenvalue weighted by molar-refractivity contribution is 7.93. The number of carbonyl (C=O) groups excluding carboxylic acids is 1. The largest absolute Gasteiger partial charge is 0.485 e. The second kappa shape index (κ2) is 11.8. The van der Waals surface area contributed by atoms with E-state index in [2.05, 4.69) is 9.84 Å². The number of halogens is 8. The van der Waals surface area contributed by atoms with Crippen molar-refractivity contribution in [2.24, 2.45) is 0 Å². The van der Waals surface area contributed by atoms with E-state index in [4.69, 9.17) is 4.74 Å². The van der Waals surface area contributed by atoms with Crippen LogP contribution in [0.15, 0.2) is 29.3 Å². The van der Waals surface area contributed by atoms with Crippen LogP contribution >= 0.6 is 0 Å². The van der Waals surface area contributed by atoms with E-state index in [-0.39, 0.29) is 21.8 Å². The maximum Gasteiger partial charge on any atom is 0.427 e. The number of rotatable bonds is 9. The number of sulfonamides is 2. The molecule has 12 nitrogen and oxygen atoms in total. The third-order valence-corrected chi connectivity index (χ3v) is 9.44. The molecule has 2 aromatic rings. The van der Waals surface area contributed by atoms with Crippen molar-refractivity contribution in [3.8, 4) is 5.75 Å². The van der Waals surface area contributed by atoms with Gasteiger partial charge in [-0.1, -0.05) is 0 Å². The Morgan fingerprint density at radius 1 is 1.11 bits per heavy atom. The van der Waals surface area contributed by atoms with Crippen LogP contribution in [0, 0.1) is 6.92 Å². The standard InChI is InChI=1S/C22H25F8N5O7S2/c1-11-17(9-34(33-11)18(23)24)44(39,40)35-12(2)16(8-31-43(37,38)10-21(25,26)27)41-15-6-5-13(7-14(15)35)32-19(36)42-20(3,4)22(28,29)30/h5-7,9,12,16,18,31H,8,10H2,1-4H3,(H,32,36)/t12-,16+/m1/s1. The molecule has 1 aliphatic rings. The van der Waals surface area contributed by atoms with Crippen LogP contribution in [0.1, 0.15) is 33.0 Å². The highest BCUT2D eigenvalue weighted by atomic mass is 32.2. The Balaban J connectivity index is 2.05. The number of amides is 1. The minimum atomic E-state index is -5.10. The van der Waals surface area contributed by atoms with E-state index in [1.807, 2.05) is 5.32 Å². The third kappa shape index (κ3) is 7.81. The molecule has 0 spiro atoms. The van der Waals surface area contributed by atoms with Crippen LogP contribution in [0.5, 0.6) is 5.75 Å². The molecule has 0 bridgehead atoms. The lowest BCUT2D eigenvalue weighted by Crippen LogP contribution is -2.55. The van der Waals surface area contributed by atoms with Crippen LogP contribution in [0.25, 0.3) is 0 Å². The van der Waals surface area contributed by atoms with E-state index in [0.717, 1.165) is 32.0 Å². The summed E-state index contributed by atoms with van der Waals surface area (Å²) in [6.07, 6.45) is -12.6. The van der Waals surface area contributed by atoms with Gasteiger partial charge in [0.05, 0.1) is 23.6 Å². The van der Waals surface area contributed by atoms with Crippen LogP contribution < -0.4 is 19.1 Å². The number of carbonyl (C=O) groups is 1. The molecule has 248 valence electrons. The molecule has 2 atom stereocenters. The normalized spacial score (nSPS) is 18.2. The quantitative estimate of drug-likeness (QED) is 0.371. The molecule has 0 fully saturated rings. The van der Waals surface area contributed by atoms with Gasteiger partial charge in [-0.2, -0.15) is 40.2 Å². The zero-order valence-electron chi connectivity index (χ0n) is 23.0. The molecule has 44 heavy (non-hydrogen) atoms. The Hall–Kier alpha value is -3.40. The maximum absolute atomic E-state index is 13.8. The van der Waals surface area contributed by atoms with Crippen molar-refractivity contribution in [1.29, 1.82) is 0 Å². The van der Waals surface area contributed by atoms with Gasteiger partial charge in [-0.25, -0.2) is 31.0 Å².